The van der Waals surface area contributed by atoms with Crippen molar-refractivity contribution in [3.63, 3.8) is 0 Å². The molecule has 0 amide bonds. The highest BCUT2D eigenvalue weighted by atomic mass is 19.4. The van der Waals surface area contributed by atoms with Crippen molar-refractivity contribution in [3.8, 4) is 6.07 Å². The Morgan fingerprint density at radius 3 is 2.52 bits per heavy atom. The first-order chi connectivity index (χ1) is 9.94. The molecule has 1 heterocycles. The van der Waals surface area contributed by atoms with Crippen LogP contribution in [0.3, 0.4) is 0 Å². The van der Waals surface area contributed by atoms with Crippen LogP contribution in [0, 0.1) is 11.3 Å². The van der Waals surface area contributed by atoms with Gasteiger partial charge in [0.05, 0.1) is 29.6 Å². The van der Waals surface area contributed by atoms with Crippen LogP contribution in [0.2, 0.25) is 0 Å². The standard InChI is InChI=1S/C12H9F3N6/c13-12(14,15)9-3-8(2-1-7(9)4-16)19-10-5-18-6-11(20-10)21-17/h1-3,5-6H,17H2,(H2,19,20,21). The van der Waals surface area contributed by atoms with Crippen LogP contribution in [0.5, 0.6) is 0 Å². The lowest BCUT2D eigenvalue weighted by Crippen LogP contribution is -2.10. The Morgan fingerprint density at radius 1 is 1.19 bits per heavy atom. The summed E-state index contributed by atoms with van der Waals surface area (Å²) in [7, 11) is 0. The molecule has 0 aliphatic heterocycles. The van der Waals surface area contributed by atoms with Gasteiger partial charge in [0.2, 0.25) is 0 Å². The van der Waals surface area contributed by atoms with E-state index in [-0.39, 0.29) is 17.3 Å². The number of rotatable bonds is 3. The fourth-order valence-corrected chi connectivity index (χ4v) is 1.60. The van der Waals surface area contributed by atoms with Gasteiger partial charge in [0.25, 0.3) is 0 Å². The molecule has 6 nitrogen and oxygen atoms in total. The van der Waals surface area contributed by atoms with E-state index in [1.807, 2.05) is 0 Å². The van der Waals surface area contributed by atoms with Crippen LogP contribution in [0.4, 0.5) is 30.5 Å². The molecule has 0 aliphatic rings. The minimum atomic E-state index is -4.62. The van der Waals surface area contributed by atoms with Gasteiger partial charge in [-0.3, -0.25) is 4.98 Å². The lowest BCUT2D eigenvalue weighted by atomic mass is 10.1. The number of nitrogens with zero attached hydrogens (tertiary/aromatic N) is 3. The fraction of sp³-hybridized carbons (Fsp3) is 0.0833. The number of benzene rings is 1. The average Bonchev–Trinajstić information content (AvgIpc) is 2.46. The van der Waals surface area contributed by atoms with Crippen molar-refractivity contribution in [1.29, 1.82) is 5.26 Å². The quantitative estimate of drug-likeness (QED) is 0.593. The molecule has 4 N–H and O–H groups in total. The molecule has 1 aromatic heterocycles. The summed E-state index contributed by atoms with van der Waals surface area (Å²) in [6.07, 6.45) is -1.94. The first kappa shape index (κ1) is 14.5. The molecule has 21 heavy (non-hydrogen) atoms. The van der Waals surface area contributed by atoms with E-state index in [1.165, 1.54) is 24.5 Å². The molecule has 0 unspecified atom stereocenters. The van der Waals surface area contributed by atoms with Crippen LogP contribution in [0.15, 0.2) is 30.6 Å². The Bertz CT molecular complexity index is 692. The number of hydrogen-bond acceptors (Lipinski definition) is 6. The lowest BCUT2D eigenvalue weighted by Gasteiger charge is -2.12. The smallest absolute Gasteiger partial charge is 0.339 e. The number of halogens is 3. The van der Waals surface area contributed by atoms with Crippen LogP contribution in [0.1, 0.15) is 11.1 Å². The van der Waals surface area contributed by atoms with Crippen molar-refractivity contribution in [2.75, 3.05) is 10.7 Å². The lowest BCUT2D eigenvalue weighted by molar-refractivity contribution is -0.137. The SMILES string of the molecule is N#Cc1ccc(Nc2cncc(NN)n2)cc1C(F)(F)F. The van der Waals surface area contributed by atoms with Crippen molar-refractivity contribution in [2.45, 2.75) is 6.18 Å². The summed E-state index contributed by atoms with van der Waals surface area (Å²) in [5.74, 6) is 5.63. The predicted molar refractivity (Wildman–Crippen MR) is 69.3 cm³/mol. The summed E-state index contributed by atoms with van der Waals surface area (Å²) in [6.45, 7) is 0. The van der Waals surface area contributed by atoms with Gasteiger partial charge in [-0.1, -0.05) is 0 Å². The second-order valence-corrected chi connectivity index (χ2v) is 3.93. The minimum Gasteiger partial charge on any atom is -0.339 e. The zero-order valence-electron chi connectivity index (χ0n) is 10.4. The average molecular weight is 294 g/mol. The summed E-state index contributed by atoms with van der Waals surface area (Å²) in [5, 5.41) is 11.4. The number of nitrogens with one attached hydrogen (secondary N) is 2. The normalized spacial score (nSPS) is 10.8. The molecule has 0 radical (unpaired) electrons. The molecule has 0 saturated heterocycles. The Balaban J connectivity index is 2.35. The molecular weight excluding hydrogens is 285 g/mol. The van der Waals surface area contributed by atoms with Crippen LogP contribution in [0.25, 0.3) is 0 Å². The fourth-order valence-electron chi connectivity index (χ4n) is 1.60. The van der Waals surface area contributed by atoms with Gasteiger partial charge in [0.15, 0.2) is 11.6 Å². The summed E-state index contributed by atoms with van der Waals surface area (Å²) in [5.41, 5.74) is 0.935. The van der Waals surface area contributed by atoms with Gasteiger partial charge in [-0.2, -0.15) is 18.4 Å². The number of aromatic nitrogens is 2. The van der Waals surface area contributed by atoms with Crippen molar-refractivity contribution in [2.24, 2.45) is 5.84 Å². The molecule has 1 aromatic carbocycles. The third-order valence-electron chi connectivity index (χ3n) is 2.50. The second kappa shape index (κ2) is 5.64. The summed E-state index contributed by atoms with van der Waals surface area (Å²) >= 11 is 0. The third kappa shape index (κ3) is 3.37. The predicted octanol–water partition coefficient (Wildman–Crippen LogP) is 2.40. The first-order valence-corrected chi connectivity index (χ1v) is 5.61. The topological polar surface area (TPSA) is 99.7 Å². The molecule has 0 saturated carbocycles. The highest BCUT2D eigenvalue weighted by Crippen LogP contribution is 2.34. The number of nitrogen functional groups attached to an aromatic ring is 1. The summed E-state index contributed by atoms with van der Waals surface area (Å²) in [4.78, 5) is 7.78. The zero-order chi connectivity index (χ0) is 15.5. The Labute approximate surface area is 117 Å². The van der Waals surface area contributed by atoms with E-state index in [0.717, 1.165) is 12.1 Å². The Hall–Kier alpha value is -2.86. The molecule has 2 aromatic rings. The van der Waals surface area contributed by atoms with E-state index in [9.17, 15) is 13.2 Å². The Morgan fingerprint density at radius 2 is 1.90 bits per heavy atom. The van der Waals surface area contributed by atoms with Crippen molar-refractivity contribution in [1.82, 2.24) is 9.97 Å². The van der Waals surface area contributed by atoms with Gasteiger partial charge in [0, 0.05) is 5.69 Å². The molecule has 2 rings (SSSR count). The van der Waals surface area contributed by atoms with E-state index in [4.69, 9.17) is 11.1 Å². The van der Waals surface area contributed by atoms with E-state index < -0.39 is 17.3 Å². The second-order valence-electron chi connectivity index (χ2n) is 3.93. The highest BCUT2D eigenvalue weighted by Gasteiger charge is 2.33. The van der Waals surface area contributed by atoms with Gasteiger partial charge in [0.1, 0.15) is 0 Å². The molecule has 9 heteroatoms. The molecule has 0 spiro atoms. The summed E-state index contributed by atoms with van der Waals surface area (Å²) in [6, 6.07) is 4.78. The largest absolute Gasteiger partial charge is 0.417 e. The molecule has 0 aliphatic carbocycles. The highest BCUT2D eigenvalue weighted by molar-refractivity contribution is 5.60. The van der Waals surface area contributed by atoms with Crippen LogP contribution >= 0.6 is 0 Å². The van der Waals surface area contributed by atoms with Gasteiger partial charge < -0.3 is 10.7 Å². The first-order valence-electron chi connectivity index (χ1n) is 5.61. The molecule has 0 fully saturated rings. The number of nitrogens with two attached hydrogens (primary N) is 1. The maximum Gasteiger partial charge on any atom is 0.417 e. The van der Waals surface area contributed by atoms with E-state index in [0.29, 0.717) is 0 Å². The molecule has 0 atom stereocenters. The summed E-state index contributed by atoms with van der Waals surface area (Å²) < 4.78 is 38.5. The number of alkyl halides is 3. The number of anilines is 3. The van der Waals surface area contributed by atoms with Crippen molar-refractivity contribution < 1.29 is 13.2 Å². The zero-order valence-corrected chi connectivity index (χ0v) is 10.4. The monoisotopic (exact) mass is 294 g/mol. The number of hydrogen-bond donors (Lipinski definition) is 3. The maximum absolute atomic E-state index is 12.8. The Kier molecular flexibility index (Phi) is 3.91. The van der Waals surface area contributed by atoms with Gasteiger partial charge in [-0.15, -0.1) is 0 Å². The maximum atomic E-state index is 12.8. The molecular formula is C12H9F3N6. The van der Waals surface area contributed by atoms with Crippen LogP contribution in [-0.2, 0) is 6.18 Å². The van der Waals surface area contributed by atoms with E-state index >= 15 is 0 Å². The minimum absolute atomic E-state index is 0.129. The van der Waals surface area contributed by atoms with Crippen LogP contribution in [-0.4, -0.2) is 9.97 Å². The number of hydrazine groups is 1. The van der Waals surface area contributed by atoms with Gasteiger partial charge in [-0.25, -0.2) is 10.8 Å². The van der Waals surface area contributed by atoms with Crippen molar-refractivity contribution in [3.05, 3.63) is 41.7 Å². The van der Waals surface area contributed by atoms with E-state index in [2.05, 4.69) is 20.7 Å². The van der Waals surface area contributed by atoms with Gasteiger partial charge >= 0.3 is 6.18 Å². The third-order valence-corrected chi connectivity index (χ3v) is 2.50. The van der Waals surface area contributed by atoms with Crippen molar-refractivity contribution >= 4 is 17.3 Å². The molecule has 0 bridgehead atoms. The van der Waals surface area contributed by atoms with E-state index in [1.54, 1.807) is 0 Å². The van der Waals surface area contributed by atoms with Gasteiger partial charge in [-0.05, 0) is 18.2 Å². The molecule has 108 valence electrons. The number of nitriles is 1. The van der Waals surface area contributed by atoms with Crippen LogP contribution < -0.4 is 16.6 Å².